The van der Waals surface area contributed by atoms with Gasteiger partial charge in [-0.1, -0.05) is 41.1 Å². The third kappa shape index (κ3) is 3.72. The molecular formula is C15H22BrNO. The van der Waals surface area contributed by atoms with Crippen LogP contribution in [0.25, 0.3) is 0 Å². The van der Waals surface area contributed by atoms with Gasteiger partial charge in [-0.05, 0) is 37.4 Å². The standard InChI is InChI=1S/C15H22BrNO/c1-2-13(16)7-9-17-11-12-8-10-18-15-6-4-3-5-14(12)15/h3-6,12-13,17H,2,7-11H2,1H3. The van der Waals surface area contributed by atoms with Gasteiger partial charge in [-0.2, -0.15) is 0 Å². The van der Waals surface area contributed by atoms with Crippen LogP contribution in [-0.2, 0) is 0 Å². The fourth-order valence-corrected chi connectivity index (χ4v) is 2.60. The molecule has 0 fully saturated rings. The van der Waals surface area contributed by atoms with E-state index in [-0.39, 0.29) is 0 Å². The number of alkyl halides is 1. The first-order valence-corrected chi connectivity index (χ1v) is 7.79. The molecule has 1 aromatic rings. The molecule has 0 aliphatic carbocycles. The lowest BCUT2D eigenvalue weighted by Gasteiger charge is -2.26. The predicted octanol–water partition coefficient (Wildman–Crippen LogP) is 3.71. The molecule has 1 aliphatic heterocycles. The monoisotopic (exact) mass is 311 g/mol. The number of para-hydroxylation sites is 1. The molecule has 0 amide bonds. The number of hydrogen-bond acceptors (Lipinski definition) is 2. The molecule has 0 spiro atoms. The lowest BCUT2D eigenvalue weighted by molar-refractivity contribution is 0.264. The van der Waals surface area contributed by atoms with E-state index in [1.807, 2.05) is 6.07 Å². The van der Waals surface area contributed by atoms with E-state index >= 15 is 0 Å². The summed E-state index contributed by atoms with van der Waals surface area (Å²) in [6.07, 6.45) is 3.51. The molecule has 18 heavy (non-hydrogen) atoms. The van der Waals surface area contributed by atoms with E-state index in [4.69, 9.17) is 4.74 Å². The fourth-order valence-electron chi connectivity index (χ4n) is 2.37. The highest BCUT2D eigenvalue weighted by Gasteiger charge is 2.20. The highest BCUT2D eigenvalue weighted by atomic mass is 79.9. The van der Waals surface area contributed by atoms with Crippen molar-refractivity contribution in [2.24, 2.45) is 0 Å². The van der Waals surface area contributed by atoms with Gasteiger partial charge in [0, 0.05) is 17.3 Å². The minimum Gasteiger partial charge on any atom is -0.493 e. The van der Waals surface area contributed by atoms with Crippen LogP contribution in [0.4, 0.5) is 0 Å². The second-order valence-electron chi connectivity index (χ2n) is 4.87. The summed E-state index contributed by atoms with van der Waals surface area (Å²) in [6, 6.07) is 8.42. The summed E-state index contributed by atoms with van der Waals surface area (Å²) in [5, 5.41) is 3.58. The fraction of sp³-hybridized carbons (Fsp3) is 0.600. The average molecular weight is 312 g/mol. The van der Waals surface area contributed by atoms with Crippen molar-refractivity contribution in [3.63, 3.8) is 0 Å². The normalized spacial score (nSPS) is 20.0. The van der Waals surface area contributed by atoms with Gasteiger partial charge in [-0.3, -0.25) is 0 Å². The van der Waals surface area contributed by atoms with Crippen LogP contribution in [0, 0.1) is 0 Å². The smallest absolute Gasteiger partial charge is 0.122 e. The van der Waals surface area contributed by atoms with Crippen molar-refractivity contribution < 1.29 is 4.74 Å². The van der Waals surface area contributed by atoms with E-state index in [9.17, 15) is 0 Å². The summed E-state index contributed by atoms with van der Waals surface area (Å²) in [7, 11) is 0. The van der Waals surface area contributed by atoms with Gasteiger partial charge >= 0.3 is 0 Å². The predicted molar refractivity (Wildman–Crippen MR) is 79.8 cm³/mol. The minimum atomic E-state index is 0.602. The second-order valence-corrected chi connectivity index (χ2v) is 6.17. The molecule has 2 nitrogen and oxygen atoms in total. The van der Waals surface area contributed by atoms with Crippen LogP contribution in [0.5, 0.6) is 5.75 Å². The largest absolute Gasteiger partial charge is 0.493 e. The molecule has 1 heterocycles. The maximum Gasteiger partial charge on any atom is 0.122 e. The third-order valence-electron chi connectivity index (χ3n) is 3.55. The van der Waals surface area contributed by atoms with Crippen LogP contribution in [0.1, 0.15) is 37.7 Å². The molecule has 1 aliphatic rings. The van der Waals surface area contributed by atoms with Crippen molar-refractivity contribution in [3.05, 3.63) is 29.8 Å². The Morgan fingerprint density at radius 3 is 3.11 bits per heavy atom. The van der Waals surface area contributed by atoms with E-state index < -0.39 is 0 Å². The zero-order chi connectivity index (χ0) is 12.8. The molecule has 1 N–H and O–H groups in total. The number of rotatable bonds is 6. The third-order valence-corrected chi connectivity index (χ3v) is 4.66. The molecule has 0 bridgehead atoms. The van der Waals surface area contributed by atoms with Crippen LogP contribution < -0.4 is 10.1 Å². The summed E-state index contributed by atoms with van der Waals surface area (Å²) < 4.78 is 5.68. The zero-order valence-electron chi connectivity index (χ0n) is 11.0. The van der Waals surface area contributed by atoms with Gasteiger partial charge in [0.2, 0.25) is 0 Å². The molecule has 0 radical (unpaired) electrons. The SMILES string of the molecule is CCC(Br)CCNCC1CCOc2ccccc21. The van der Waals surface area contributed by atoms with Crippen LogP contribution in [0.2, 0.25) is 0 Å². The van der Waals surface area contributed by atoms with Crippen LogP contribution in [0.15, 0.2) is 24.3 Å². The number of nitrogens with one attached hydrogen (secondary N) is 1. The number of ether oxygens (including phenoxy) is 1. The van der Waals surface area contributed by atoms with E-state index in [0.717, 1.165) is 31.9 Å². The molecular weight excluding hydrogens is 290 g/mol. The average Bonchev–Trinajstić information content (AvgIpc) is 2.43. The van der Waals surface area contributed by atoms with Crippen LogP contribution >= 0.6 is 15.9 Å². The van der Waals surface area contributed by atoms with E-state index in [0.29, 0.717) is 10.7 Å². The zero-order valence-corrected chi connectivity index (χ0v) is 12.6. The first-order chi connectivity index (χ1) is 8.81. The maximum absolute atomic E-state index is 5.68. The number of benzene rings is 1. The molecule has 0 saturated carbocycles. The molecule has 0 saturated heterocycles. The van der Waals surface area contributed by atoms with Gasteiger partial charge < -0.3 is 10.1 Å². The molecule has 2 unspecified atom stereocenters. The Hall–Kier alpha value is -0.540. The van der Waals surface area contributed by atoms with E-state index in [1.54, 1.807) is 0 Å². The topological polar surface area (TPSA) is 21.3 Å². The molecule has 2 rings (SSSR count). The van der Waals surface area contributed by atoms with Crippen molar-refractivity contribution in [2.75, 3.05) is 19.7 Å². The van der Waals surface area contributed by atoms with Gasteiger partial charge in [0.25, 0.3) is 0 Å². The first kappa shape index (κ1) is 13.9. The van der Waals surface area contributed by atoms with Crippen molar-refractivity contribution in [2.45, 2.75) is 36.9 Å². The lowest BCUT2D eigenvalue weighted by atomic mass is 9.93. The van der Waals surface area contributed by atoms with Crippen molar-refractivity contribution >= 4 is 15.9 Å². The molecule has 1 aromatic carbocycles. The number of hydrogen-bond donors (Lipinski definition) is 1. The summed E-state index contributed by atoms with van der Waals surface area (Å²) in [5.74, 6) is 1.67. The van der Waals surface area contributed by atoms with Gasteiger partial charge in [-0.25, -0.2) is 0 Å². The second kappa shape index (κ2) is 7.15. The van der Waals surface area contributed by atoms with Crippen molar-refractivity contribution in [3.8, 4) is 5.75 Å². The van der Waals surface area contributed by atoms with Crippen LogP contribution in [-0.4, -0.2) is 24.5 Å². The van der Waals surface area contributed by atoms with Crippen LogP contribution in [0.3, 0.4) is 0 Å². The lowest BCUT2D eigenvalue weighted by Crippen LogP contribution is -2.27. The maximum atomic E-state index is 5.68. The van der Waals surface area contributed by atoms with Crippen molar-refractivity contribution in [1.29, 1.82) is 0 Å². The quantitative estimate of drug-likeness (QED) is 0.639. The molecule has 2 atom stereocenters. The molecule has 100 valence electrons. The summed E-state index contributed by atoms with van der Waals surface area (Å²) in [6.45, 7) is 5.21. The highest BCUT2D eigenvalue weighted by Crippen LogP contribution is 2.32. The number of halogens is 1. The highest BCUT2D eigenvalue weighted by molar-refractivity contribution is 9.09. The summed E-state index contributed by atoms with van der Waals surface area (Å²) >= 11 is 3.67. The summed E-state index contributed by atoms with van der Waals surface area (Å²) in [5.41, 5.74) is 1.36. The Morgan fingerprint density at radius 1 is 1.44 bits per heavy atom. The molecule has 0 aromatic heterocycles. The Morgan fingerprint density at radius 2 is 2.28 bits per heavy atom. The molecule has 3 heteroatoms. The Bertz CT molecular complexity index is 369. The van der Waals surface area contributed by atoms with Gasteiger partial charge in [-0.15, -0.1) is 0 Å². The van der Waals surface area contributed by atoms with Gasteiger partial charge in [0.05, 0.1) is 6.61 Å². The Balaban J connectivity index is 1.81. The number of fused-ring (bicyclic) bond motifs is 1. The first-order valence-electron chi connectivity index (χ1n) is 6.87. The van der Waals surface area contributed by atoms with E-state index in [1.165, 1.54) is 18.4 Å². The minimum absolute atomic E-state index is 0.602. The van der Waals surface area contributed by atoms with Gasteiger partial charge in [0.1, 0.15) is 5.75 Å². The van der Waals surface area contributed by atoms with Crippen molar-refractivity contribution in [1.82, 2.24) is 5.32 Å². The Labute approximate surface area is 118 Å². The Kier molecular flexibility index (Phi) is 5.51. The summed E-state index contributed by atoms with van der Waals surface area (Å²) in [4.78, 5) is 0.645. The van der Waals surface area contributed by atoms with Gasteiger partial charge in [0.15, 0.2) is 0 Å². The van der Waals surface area contributed by atoms with E-state index in [2.05, 4.69) is 46.4 Å².